The van der Waals surface area contributed by atoms with Gasteiger partial charge in [-0.15, -0.1) is 0 Å². The number of hydrogen-bond donors (Lipinski definition) is 3. The average Bonchev–Trinajstić information content (AvgIpc) is 2.73. The van der Waals surface area contributed by atoms with Gasteiger partial charge in [0, 0.05) is 24.4 Å². The highest BCUT2D eigenvalue weighted by Crippen LogP contribution is 2.42. The van der Waals surface area contributed by atoms with Gasteiger partial charge in [-0.1, -0.05) is 32.3 Å². The van der Waals surface area contributed by atoms with Crippen molar-refractivity contribution >= 4 is 11.7 Å². The second-order valence-electron chi connectivity index (χ2n) is 9.14. The van der Waals surface area contributed by atoms with Crippen LogP contribution in [0.1, 0.15) is 65.4 Å². The van der Waals surface area contributed by atoms with Gasteiger partial charge in [0.05, 0.1) is 18.1 Å². The summed E-state index contributed by atoms with van der Waals surface area (Å²) in [5.74, 6) is -4.71. The Bertz CT molecular complexity index is 1180. The number of rotatable bonds is 3. The Labute approximate surface area is 189 Å². The molecule has 1 aliphatic heterocycles. The lowest BCUT2D eigenvalue weighted by molar-refractivity contribution is -0.0623. The summed E-state index contributed by atoms with van der Waals surface area (Å²) in [6.45, 7) is 1.54. The van der Waals surface area contributed by atoms with Gasteiger partial charge in [-0.25, -0.2) is 8.78 Å². The molecule has 3 unspecified atom stereocenters. The van der Waals surface area contributed by atoms with Crippen LogP contribution in [0.15, 0.2) is 29.2 Å². The topological polar surface area (TPSA) is 109 Å². The lowest BCUT2D eigenvalue weighted by atomic mass is 9.68. The van der Waals surface area contributed by atoms with Gasteiger partial charge in [-0.2, -0.15) is 0 Å². The molecule has 0 bridgehead atoms. The quantitative estimate of drug-likeness (QED) is 0.653. The fraction of sp³-hybridized carbons (Fsp3) is 0.458. The van der Waals surface area contributed by atoms with Gasteiger partial charge in [0.25, 0.3) is 5.91 Å². The third-order valence-corrected chi connectivity index (χ3v) is 6.83. The molecule has 1 aromatic carbocycles. The molecule has 1 fully saturated rings. The lowest BCUT2D eigenvalue weighted by Gasteiger charge is -2.44. The van der Waals surface area contributed by atoms with E-state index in [1.807, 2.05) is 6.92 Å². The van der Waals surface area contributed by atoms with Crippen molar-refractivity contribution in [2.75, 3.05) is 0 Å². The van der Waals surface area contributed by atoms with Crippen LogP contribution in [0, 0.1) is 23.5 Å². The molecular formula is C24H26F2N2O5. The first-order valence-corrected chi connectivity index (χ1v) is 11.1. The summed E-state index contributed by atoms with van der Waals surface area (Å²) in [4.78, 5) is 38.7. The number of benzene rings is 1. The summed E-state index contributed by atoms with van der Waals surface area (Å²) >= 11 is 0. The monoisotopic (exact) mass is 460 g/mol. The van der Waals surface area contributed by atoms with Crippen molar-refractivity contribution in [3.05, 3.63) is 63.1 Å². The van der Waals surface area contributed by atoms with E-state index in [0.717, 1.165) is 37.9 Å². The maximum atomic E-state index is 13.8. The van der Waals surface area contributed by atoms with E-state index in [-0.39, 0.29) is 30.3 Å². The maximum Gasteiger partial charge on any atom is 0.257 e. The first kappa shape index (κ1) is 23.1. The summed E-state index contributed by atoms with van der Waals surface area (Å²) in [7, 11) is 0. The number of Topliss-reactive ketones (excluding diaryl/α,β-unsaturated/α-hetero) is 1. The Kier molecular flexibility index (Phi) is 6.09. The molecule has 2 aliphatic rings. The SMILES string of the molecule is CC1CCCCCC2(O)Cn3cc(C(=O)NCc4ccc(F)cc4F)c(=O)c(O)c3C(=O)C12. The van der Waals surface area contributed by atoms with Crippen LogP contribution < -0.4 is 10.7 Å². The predicted molar refractivity (Wildman–Crippen MR) is 115 cm³/mol. The highest BCUT2D eigenvalue weighted by atomic mass is 19.1. The van der Waals surface area contributed by atoms with E-state index >= 15 is 0 Å². The molecule has 1 saturated carbocycles. The summed E-state index contributed by atoms with van der Waals surface area (Å²) in [5.41, 5.74) is -3.00. The van der Waals surface area contributed by atoms with E-state index in [2.05, 4.69) is 5.32 Å². The van der Waals surface area contributed by atoms with Crippen molar-refractivity contribution in [1.29, 1.82) is 0 Å². The van der Waals surface area contributed by atoms with Crippen LogP contribution in [0.5, 0.6) is 5.75 Å². The van der Waals surface area contributed by atoms with Gasteiger partial charge in [0.1, 0.15) is 22.9 Å². The summed E-state index contributed by atoms with van der Waals surface area (Å²) in [5, 5.41) is 24.4. The number of carbonyl (C=O) groups excluding carboxylic acids is 2. The second-order valence-corrected chi connectivity index (χ2v) is 9.14. The molecule has 7 nitrogen and oxygen atoms in total. The summed E-state index contributed by atoms with van der Waals surface area (Å²) < 4.78 is 28.2. The number of ketones is 1. The van der Waals surface area contributed by atoms with Gasteiger partial charge < -0.3 is 20.1 Å². The molecule has 2 heterocycles. The Balaban J connectivity index is 1.67. The van der Waals surface area contributed by atoms with Crippen LogP contribution in [0.2, 0.25) is 0 Å². The van der Waals surface area contributed by atoms with Gasteiger partial charge in [-0.3, -0.25) is 14.4 Å². The number of aliphatic hydroxyl groups is 1. The second kappa shape index (κ2) is 8.70. The van der Waals surface area contributed by atoms with Crippen molar-refractivity contribution < 1.29 is 28.6 Å². The molecule has 0 radical (unpaired) electrons. The van der Waals surface area contributed by atoms with Crippen LogP contribution in [-0.4, -0.2) is 32.1 Å². The molecule has 33 heavy (non-hydrogen) atoms. The fourth-order valence-electron chi connectivity index (χ4n) is 5.18. The van der Waals surface area contributed by atoms with Crippen molar-refractivity contribution in [1.82, 2.24) is 9.88 Å². The van der Waals surface area contributed by atoms with Crippen molar-refractivity contribution in [3.63, 3.8) is 0 Å². The molecule has 176 valence electrons. The molecule has 2 aromatic rings. The van der Waals surface area contributed by atoms with Crippen LogP contribution in [-0.2, 0) is 13.1 Å². The van der Waals surface area contributed by atoms with E-state index in [9.17, 15) is 33.4 Å². The Morgan fingerprint density at radius 1 is 1.24 bits per heavy atom. The van der Waals surface area contributed by atoms with Crippen LogP contribution in [0.3, 0.4) is 0 Å². The number of amides is 1. The molecule has 1 aromatic heterocycles. The van der Waals surface area contributed by atoms with Gasteiger partial charge in [-0.05, 0) is 24.8 Å². The van der Waals surface area contributed by atoms with E-state index in [4.69, 9.17) is 0 Å². The number of aromatic hydroxyl groups is 1. The summed E-state index contributed by atoms with van der Waals surface area (Å²) in [6, 6.07) is 2.90. The molecule has 0 spiro atoms. The number of nitrogens with zero attached hydrogens (tertiary/aromatic N) is 1. The van der Waals surface area contributed by atoms with Crippen LogP contribution in [0.4, 0.5) is 8.78 Å². The minimum atomic E-state index is -1.35. The number of halogens is 2. The van der Waals surface area contributed by atoms with E-state index in [0.29, 0.717) is 12.5 Å². The maximum absolute atomic E-state index is 13.8. The number of pyridine rings is 1. The fourth-order valence-corrected chi connectivity index (χ4v) is 5.18. The number of carbonyl (C=O) groups is 2. The van der Waals surface area contributed by atoms with E-state index in [1.165, 1.54) is 10.6 Å². The number of fused-ring (bicyclic) bond motifs is 2. The van der Waals surface area contributed by atoms with Crippen LogP contribution in [0.25, 0.3) is 0 Å². The smallest absolute Gasteiger partial charge is 0.257 e. The molecule has 1 aliphatic carbocycles. The first-order valence-electron chi connectivity index (χ1n) is 11.1. The molecule has 9 heteroatoms. The zero-order valence-corrected chi connectivity index (χ0v) is 18.2. The van der Waals surface area contributed by atoms with Gasteiger partial charge >= 0.3 is 0 Å². The van der Waals surface area contributed by atoms with E-state index < -0.39 is 51.6 Å². The lowest BCUT2D eigenvalue weighted by Crippen LogP contribution is -2.54. The Hall–Kier alpha value is -3.07. The predicted octanol–water partition coefficient (Wildman–Crippen LogP) is 2.91. The Morgan fingerprint density at radius 2 is 2.00 bits per heavy atom. The van der Waals surface area contributed by atoms with Gasteiger partial charge in [0.2, 0.25) is 5.43 Å². The minimum absolute atomic E-state index is 0.0165. The standard InChI is InChI=1S/C24H26F2N2O5/c1-13-5-3-2-4-8-24(33)12-28-11-16(20(29)22(31)19(28)21(30)18(13)24)23(32)27-10-14-6-7-15(25)9-17(14)26/h6-7,9,11,13,18,31,33H,2-5,8,10,12H2,1H3,(H,27,32). The summed E-state index contributed by atoms with van der Waals surface area (Å²) in [6.07, 6.45) is 4.92. The molecule has 4 rings (SSSR count). The largest absolute Gasteiger partial charge is 0.503 e. The zero-order chi connectivity index (χ0) is 23.9. The number of aromatic nitrogens is 1. The average molecular weight is 460 g/mol. The van der Waals surface area contributed by atoms with Crippen LogP contribution >= 0.6 is 0 Å². The van der Waals surface area contributed by atoms with Crippen molar-refractivity contribution in [2.45, 2.75) is 57.7 Å². The van der Waals surface area contributed by atoms with Crippen molar-refractivity contribution in [3.8, 4) is 5.75 Å². The van der Waals surface area contributed by atoms with Gasteiger partial charge in [0.15, 0.2) is 11.5 Å². The molecule has 3 N–H and O–H groups in total. The third kappa shape index (κ3) is 4.17. The zero-order valence-electron chi connectivity index (χ0n) is 18.2. The molecule has 3 atom stereocenters. The highest BCUT2D eigenvalue weighted by molar-refractivity contribution is 6.02. The number of hydrogen-bond acceptors (Lipinski definition) is 5. The van der Waals surface area contributed by atoms with Crippen molar-refractivity contribution in [2.24, 2.45) is 11.8 Å². The first-order chi connectivity index (χ1) is 15.6. The minimum Gasteiger partial charge on any atom is -0.503 e. The highest BCUT2D eigenvalue weighted by Gasteiger charge is 2.50. The third-order valence-electron chi connectivity index (χ3n) is 6.83. The van der Waals surface area contributed by atoms with E-state index in [1.54, 1.807) is 0 Å². The normalized spacial score (nSPS) is 24.9. The molecular weight excluding hydrogens is 434 g/mol. The number of nitrogens with one attached hydrogen (secondary N) is 1. The Morgan fingerprint density at radius 3 is 2.73 bits per heavy atom. The molecule has 0 saturated heterocycles. The molecule has 1 amide bonds.